The molecular weight excluding hydrogens is 250 g/mol. The molecule has 0 saturated carbocycles. The number of benzene rings is 1. The number of esters is 1. The van der Waals surface area contributed by atoms with E-state index in [9.17, 15) is 4.79 Å². The van der Waals surface area contributed by atoms with Gasteiger partial charge in [-0.2, -0.15) is 0 Å². The molecule has 0 aromatic heterocycles. The summed E-state index contributed by atoms with van der Waals surface area (Å²) in [6, 6.07) is 4.27. The minimum absolute atomic E-state index is 0.176. The molecule has 0 bridgehead atoms. The number of rotatable bonds is 1. The van der Waals surface area contributed by atoms with Crippen LogP contribution in [0.2, 0.25) is 0 Å². The van der Waals surface area contributed by atoms with Gasteiger partial charge in [-0.1, -0.05) is 6.07 Å². The standard InChI is InChI=1S/C14H16B2N2O2/c1-7-5-17-6-11(18-7)9-3-4-10-12(8(9)2)14(15,16)20-13(10)19/h3-4,7,11,17-18H,5-6H2,1-2H3/t7-,11-/m0/s1. The van der Waals surface area contributed by atoms with Gasteiger partial charge in [0.15, 0.2) is 0 Å². The Balaban J connectivity index is 2.05. The molecule has 1 fully saturated rings. The molecule has 3 rings (SSSR count). The lowest BCUT2D eigenvalue weighted by Crippen LogP contribution is -2.49. The van der Waals surface area contributed by atoms with Crippen molar-refractivity contribution >= 4 is 21.7 Å². The Kier molecular flexibility index (Phi) is 3.18. The zero-order valence-corrected chi connectivity index (χ0v) is 11.7. The first-order valence-corrected chi connectivity index (χ1v) is 6.82. The quantitative estimate of drug-likeness (QED) is 0.564. The van der Waals surface area contributed by atoms with E-state index in [1.807, 2.05) is 13.0 Å². The largest absolute Gasteiger partial charge is 0.471 e. The van der Waals surface area contributed by atoms with E-state index in [0.717, 1.165) is 24.2 Å². The maximum absolute atomic E-state index is 11.8. The van der Waals surface area contributed by atoms with Gasteiger partial charge in [-0.15, -0.1) is 0 Å². The lowest BCUT2D eigenvalue weighted by molar-refractivity contribution is 0.0444. The lowest BCUT2D eigenvalue weighted by atomic mass is 9.60. The van der Waals surface area contributed by atoms with Crippen molar-refractivity contribution in [3.8, 4) is 0 Å². The fourth-order valence-electron chi connectivity index (χ4n) is 3.14. The Morgan fingerprint density at radius 3 is 2.80 bits per heavy atom. The highest BCUT2D eigenvalue weighted by Gasteiger charge is 2.39. The molecule has 4 nitrogen and oxygen atoms in total. The molecule has 2 atom stereocenters. The van der Waals surface area contributed by atoms with Crippen molar-refractivity contribution in [2.45, 2.75) is 31.3 Å². The second-order valence-corrected chi connectivity index (χ2v) is 5.66. The summed E-state index contributed by atoms with van der Waals surface area (Å²) in [5.41, 5.74) is 3.08. The molecule has 2 N–H and O–H groups in total. The van der Waals surface area contributed by atoms with Gasteiger partial charge in [0.25, 0.3) is 0 Å². The van der Waals surface area contributed by atoms with Crippen molar-refractivity contribution < 1.29 is 9.53 Å². The fraction of sp³-hybridized carbons (Fsp3) is 0.500. The molecule has 20 heavy (non-hydrogen) atoms. The van der Waals surface area contributed by atoms with Gasteiger partial charge in [0.1, 0.15) is 15.7 Å². The average Bonchev–Trinajstić information content (AvgIpc) is 2.60. The van der Waals surface area contributed by atoms with Crippen LogP contribution >= 0.6 is 0 Å². The fourth-order valence-corrected chi connectivity index (χ4v) is 3.14. The van der Waals surface area contributed by atoms with Gasteiger partial charge in [-0.05, 0) is 36.6 Å². The number of piperazine rings is 1. The maximum atomic E-state index is 11.8. The third-order valence-corrected chi connectivity index (χ3v) is 4.04. The highest BCUT2D eigenvalue weighted by atomic mass is 16.6. The van der Waals surface area contributed by atoms with Crippen molar-refractivity contribution in [3.05, 3.63) is 34.4 Å². The van der Waals surface area contributed by atoms with Crippen molar-refractivity contribution in [3.63, 3.8) is 0 Å². The first kappa shape index (κ1) is 13.7. The van der Waals surface area contributed by atoms with Gasteiger partial charge in [0.05, 0.1) is 11.0 Å². The first-order valence-electron chi connectivity index (χ1n) is 6.82. The lowest BCUT2D eigenvalue weighted by Gasteiger charge is -2.32. The molecule has 4 radical (unpaired) electrons. The van der Waals surface area contributed by atoms with Crippen molar-refractivity contribution in [1.29, 1.82) is 0 Å². The van der Waals surface area contributed by atoms with Crippen LogP contribution in [-0.4, -0.2) is 40.8 Å². The van der Waals surface area contributed by atoms with Crippen LogP contribution in [0.5, 0.6) is 0 Å². The number of hydrogen-bond acceptors (Lipinski definition) is 4. The first-order chi connectivity index (χ1) is 9.40. The number of fused-ring (bicyclic) bond motifs is 1. The Morgan fingerprint density at radius 1 is 1.35 bits per heavy atom. The van der Waals surface area contributed by atoms with Gasteiger partial charge >= 0.3 is 5.97 Å². The zero-order valence-electron chi connectivity index (χ0n) is 11.7. The summed E-state index contributed by atoms with van der Waals surface area (Å²) in [5, 5.41) is 5.39. The molecule has 0 unspecified atom stereocenters. The minimum atomic E-state index is -1.53. The van der Waals surface area contributed by atoms with Crippen LogP contribution in [0.1, 0.15) is 40.0 Å². The van der Waals surface area contributed by atoms with Crippen LogP contribution in [0.15, 0.2) is 12.1 Å². The van der Waals surface area contributed by atoms with Crippen LogP contribution in [0.4, 0.5) is 0 Å². The van der Waals surface area contributed by atoms with Crippen LogP contribution in [0.25, 0.3) is 0 Å². The van der Waals surface area contributed by atoms with Crippen LogP contribution < -0.4 is 10.6 Å². The molecule has 2 aliphatic rings. The molecule has 1 aromatic rings. The summed E-state index contributed by atoms with van der Waals surface area (Å²) in [7, 11) is 11.8. The third kappa shape index (κ3) is 2.07. The van der Waals surface area contributed by atoms with E-state index in [-0.39, 0.29) is 6.04 Å². The summed E-state index contributed by atoms with van der Waals surface area (Å²) in [6.45, 7) is 5.84. The number of hydrogen-bond donors (Lipinski definition) is 2. The number of nitrogens with one attached hydrogen (secondary N) is 2. The molecule has 1 aromatic carbocycles. The number of carbonyl (C=O) groups excluding carboxylic acids is 1. The summed E-state index contributed by atoms with van der Waals surface area (Å²) in [6.07, 6.45) is 0. The molecular formula is C14H16B2N2O2. The predicted octanol–water partition coefficient (Wildman–Crippen LogP) is 0.235. The van der Waals surface area contributed by atoms with Crippen LogP contribution in [0, 0.1) is 6.92 Å². The van der Waals surface area contributed by atoms with Crippen molar-refractivity contribution in [2.75, 3.05) is 13.1 Å². The van der Waals surface area contributed by atoms with E-state index in [1.165, 1.54) is 0 Å². The summed E-state index contributed by atoms with van der Waals surface area (Å²) in [5.74, 6) is -0.456. The molecule has 0 spiro atoms. The van der Waals surface area contributed by atoms with Gasteiger partial charge in [0.2, 0.25) is 0 Å². The number of cyclic esters (lactones) is 1. The second-order valence-electron chi connectivity index (χ2n) is 5.66. The van der Waals surface area contributed by atoms with E-state index in [4.69, 9.17) is 20.4 Å². The Bertz CT molecular complexity index is 575. The Morgan fingerprint density at radius 2 is 2.10 bits per heavy atom. The summed E-state index contributed by atoms with van der Waals surface area (Å²) >= 11 is 0. The molecule has 0 aliphatic carbocycles. The zero-order chi connectivity index (χ0) is 14.5. The topological polar surface area (TPSA) is 50.4 Å². The third-order valence-electron chi connectivity index (χ3n) is 4.04. The van der Waals surface area contributed by atoms with Gasteiger partial charge in [0, 0.05) is 25.2 Å². The highest BCUT2D eigenvalue weighted by Crippen LogP contribution is 2.37. The van der Waals surface area contributed by atoms with Crippen LogP contribution in [0.3, 0.4) is 0 Å². The predicted molar refractivity (Wildman–Crippen MR) is 78.0 cm³/mol. The van der Waals surface area contributed by atoms with E-state index in [2.05, 4.69) is 17.6 Å². The van der Waals surface area contributed by atoms with E-state index < -0.39 is 11.4 Å². The second kappa shape index (κ2) is 4.64. The van der Waals surface area contributed by atoms with Gasteiger partial charge in [-0.3, -0.25) is 0 Å². The number of ether oxygens (including phenoxy) is 1. The van der Waals surface area contributed by atoms with Crippen molar-refractivity contribution in [2.24, 2.45) is 0 Å². The minimum Gasteiger partial charge on any atom is -0.471 e. The molecule has 6 heteroatoms. The van der Waals surface area contributed by atoms with E-state index in [0.29, 0.717) is 17.2 Å². The Labute approximate surface area is 121 Å². The molecule has 100 valence electrons. The van der Waals surface area contributed by atoms with Gasteiger partial charge in [-0.25, -0.2) is 4.79 Å². The maximum Gasteiger partial charge on any atom is 0.337 e. The smallest absolute Gasteiger partial charge is 0.337 e. The number of carbonyl (C=O) groups is 1. The summed E-state index contributed by atoms with van der Waals surface area (Å²) < 4.78 is 5.04. The van der Waals surface area contributed by atoms with Gasteiger partial charge < -0.3 is 15.4 Å². The van der Waals surface area contributed by atoms with E-state index >= 15 is 0 Å². The van der Waals surface area contributed by atoms with Crippen LogP contribution in [-0.2, 0) is 10.1 Å². The van der Waals surface area contributed by atoms with E-state index in [1.54, 1.807) is 6.07 Å². The average molecular weight is 266 g/mol. The molecule has 1 saturated heterocycles. The monoisotopic (exact) mass is 266 g/mol. The molecule has 2 heterocycles. The Hall–Kier alpha value is -1.26. The normalized spacial score (nSPS) is 28.0. The summed E-state index contributed by atoms with van der Waals surface area (Å²) in [4.78, 5) is 11.8. The molecule has 0 amide bonds. The SMILES string of the molecule is [B]C1([B])OC(=O)c2ccc([C@@H]3CNC[C@H](C)N3)c(C)c21. The van der Waals surface area contributed by atoms with Crippen molar-refractivity contribution in [1.82, 2.24) is 10.6 Å². The molecule has 2 aliphatic heterocycles. The highest BCUT2D eigenvalue weighted by molar-refractivity contribution is 6.41.